The highest BCUT2D eigenvalue weighted by molar-refractivity contribution is 7.09. The number of carboxylic acid groups (broad SMARTS) is 1. The number of hydrogen-bond acceptors (Lipinski definition) is 4. The Morgan fingerprint density at radius 2 is 2.27 bits per heavy atom. The molecule has 0 unspecified atom stereocenters. The summed E-state index contributed by atoms with van der Waals surface area (Å²) in [5, 5.41) is 16.5. The summed E-state index contributed by atoms with van der Waals surface area (Å²) in [5.74, 6) is -0.984. The first-order chi connectivity index (χ1) is 10.5. The predicted molar refractivity (Wildman–Crippen MR) is 85.6 cm³/mol. The molecule has 0 saturated heterocycles. The molecule has 0 aliphatic heterocycles. The molecule has 7 heteroatoms. The largest absolute Gasteiger partial charge is 0.478 e. The zero-order valence-corrected chi connectivity index (χ0v) is 13.2. The summed E-state index contributed by atoms with van der Waals surface area (Å²) < 4.78 is 1.57. The summed E-state index contributed by atoms with van der Waals surface area (Å²) in [7, 11) is 0. The molecule has 0 aliphatic rings. The maximum Gasteiger partial charge on any atom is 0.338 e. The van der Waals surface area contributed by atoms with Gasteiger partial charge in [0.25, 0.3) is 0 Å². The highest BCUT2D eigenvalue weighted by atomic mass is 35.5. The quantitative estimate of drug-likeness (QED) is 0.790. The predicted octanol–water partition coefficient (Wildman–Crippen LogP) is 3.71. The monoisotopic (exact) mass is 333 g/mol. The Labute approximate surface area is 135 Å². The fourth-order valence-electron chi connectivity index (χ4n) is 2.02. The van der Waals surface area contributed by atoms with Crippen LogP contribution in [0.5, 0.6) is 0 Å². The van der Waals surface area contributed by atoms with Gasteiger partial charge < -0.3 is 5.11 Å². The van der Waals surface area contributed by atoms with Gasteiger partial charge in [0, 0.05) is 22.2 Å². The standard InChI is InChI=1S/C15H12ClN3O2S/c1-9-4-10(2-3-12(9)16)13-8-22-14(18-13)7-19-6-11(5-17-19)15(20)21/h2-6,8H,7H2,1H3,(H,20,21). The maximum atomic E-state index is 10.8. The van der Waals surface area contributed by atoms with E-state index in [-0.39, 0.29) is 5.56 Å². The molecule has 3 rings (SSSR count). The van der Waals surface area contributed by atoms with E-state index in [1.54, 1.807) is 4.68 Å². The van der Waals surface area contributed by atoms with Crippen LogP contribution in [0.4, 0.5) is 0 Å². The second-order valence-corrected chi connectivity index (χ2v) is 6.17. The third-order valence-electron chi connectivity index (χ3n) is 3.18. The van der Waals surface area contributed by atoms with Crippen molar-refractivity contribution < 1.29 is 9.90 Å². The van der Waals surface area contributed by atoms with Crippen LogP contribution in [-0.2, 0) is 6.54 Å². The number of carboxylic acids is 1. The van der Waals surface area contributed by atoms with Crippen molar-refractivity contribution in [3.05, 3.63) is 57.1 Å². The number of hydrogen-bond donors (Lipinski definition) is 1. The summed E-state index contributed by atoms with van der Waals surface area (Å²) in [6.07, 6.45) is 2.83. The fraction of sp³-hybridized carbons (Fsp3) is 0.133. The molecule has 0 aliphatic carbocycles. The third kappa shape index (κ3) is 3.03. The second kappa shape index (κ2) is 5.90. The Morgan fingerprint density at radius 3 is 2.95 bits per heavy atom. The van der Waals surface area contributed by atoms with Crippen molar-refractivity contribution in [2.24, 2.45) is 0 Å². The van der Waals surface area contributed by atoms with Crippen molar-refractivity contribution in [2.45, 2.75) is 13.5 Å². The zero-order chi connectivity index (χ0) is 15.7. The van der Waals surface area contributed by atoms with Crippen LogP contribution >= 0.6 is 22.9 Å². The third-order valence-corrected chi connectivity index (χ3v) is 4.44. The molecule has 0 amide bonds. The van der Waals surface area contributed by atoms with Crippen LogP contribution in [0.3, 0.4) is 0 Å². The van der Waals surface area contributed by atoms with E-state index in [0.29, 0.717) is 6.54 Å². The normalized spacial score (nSPS) is 10.8. The molecular weight excluding hydrogens is 322 g/mol. The lowest BCUT2D eigenvalue weighted by molar-refractivity contribution is 0.0697. The minimum Gasteiger partial charge on any atom is -0.478 e. The second-order valence-electron chi connectivity index (χ2n) is 4.82. The number of aromatic nitrogens is 3. The van der Waals surface area contributed by atoms with E-state index in [1.807, 2.05) is 30.5 Å². The number of halogens is 1. The van der Waals surface area contributed by atoms with Gasteiger partial charge in [-0.05, 0) is 24.6 Å². The Hall–Kier alpha value is -2.18. The molecule has 0 saturated carbocycles. The average Bonchev–Trinajstić information content (AvgIpc) is 3.12. The Morgan fingerprint density at radius 1 is 1.45 bits per heavy atom. The Balaban J connectivity index is 1.80. The average molecular weight is 334 g/mol. The smallest absolute Gasteiger partial charge is 0.338 e. The van der Waals surface area contributed by atoms with Crippen molar-refractivity contribution >= 4 is 28.9 Å². The number of aromatic carboxylic acids is 1. The number of nitrogens with zero attached hydrogens (tertiary/aromatic N) is 3. The van der Waals surface area contributed by atoms with Gasteiger partial charge in [-0.2, -0.15) is 5.10 Å². The van der Waals surface area contributed by atoms with Crippen LogP contribution in [0.15, 0.2) is 36.0 Å². The molecule has 0 fully saturated rings. The number of thiazole rings is 1. The fourth-order valence-corrected chi connectivity index (χ4v) is 2.93. The lowest BCUT2D eigenvalue weighted by atomic mass is 10.1. The van der Waals surface area contributed by atoms with E-state index in [1.165, 1.54) is 23.7 Å². The van der Waals surface area contributed by atoms with Crippen molar-refractivity contribution in [3.63, 3.8) is 0 Å². The molecule has 2 aromatic heterocycles. The summed E-state index contributed by atoms with van der Waals surface area (Å²) in [6.45, 7) is 2.40. The maximum absolute atomic E-state index is 10.8. The first kappa shape index (κ1) is 14.7. The first-order valence-electron chi connectivity index (χ1n) is 6.49. The molecule has 0 spiro atoms. The number of rotatable bonds is 4. The van der Waals surface area contributed by atoms with Crippen LogP contribution in [0, 0.1) is 6.92 Å². The van der Waals surface area contributed by atoms with Crippen molar-refractivity contribution in [1.29, 1.82) is 0 Å². The Kier molecular flexibility index (Phi) is 3.96. The van der Waals surface area contributed by atoms with Crippen LogP contribution in [0.1, 0.15) is 20.9 Å². The van der Waals surface area contributed by atoms with E-state index in [0.717, 1.165) is 26.9 Å². The molecule has 3 aromatic rings. The number of carbonyl (C=O) groups is 1. The van der Waals surface area contributed by atoms with Crippen LogP contribution in [0.2, 0.25) is 5.02 Å². The number of aryl methyl sites for hydroxylation is 1. The molecular formula is C15H12ClN3O2S. The number of benzene rings is 1. The van der Waals surface area contributed by atoms with Gasteiger partial charge in [0.1, 0.15) is 5.01 Å². The first-order valence-corrected chi connectivity index (χ1v) is 7.75. The van der Waals surface area contributed by atoms with Crippen LogP contribution < -0.4 is 0 Å². The van der Waals surface area contributed by atoms with E-state index >= 15 is 0 Å². The van der Waals surface area contributed by atoms with E-state index in [2.05, 4.69) is 10.1 Å². The molecule has 1 N–H and O–H groups in total. The van der Waals surface area contributed by atoms with Crippen LogP contribution in [-0.4, -0.2) is 25.8 Å². The van der Waals surface area contributed by atoms with Crippen molar-refractivity contribution in [1.82, 2.24) is 14.8 Å². The van der Waals surface area contributed by atoms with E-state index in [9.17, 15) is 4.79 Å². The topological polar surface area (TPSA) is 68.0 Å². The van der Waals surface area contributed by atoms with Gasteiger partial charge in [-0.15, -0.1) is 11.3 Å². The zero-order valence-electron chi connectivity index (χ0n) is 11.7. The van der Waals surface area contributed by atoms with E-state index < -0.39 is 5.97 Å². The Bertz CT molecular complexity index is 841. The highest BCUT2D eigenvalue weighted by Crippen LogP contribution is 2.26. The van der Waals surface area contributed by atoms with E-state index in [4.69, 9.17) is 16.7 Å². The van der Waals surface area contributed by atoms with Gasteiger partial charge in [0.05, 0.1) is 24.0 Å². The van der Waals surface area contributed by atoms with Crippen molar-refractivity contribution in [3.8, 4) is 11.3 Å². The summed E-state index contributed by atoms with van der Waals surface area (Å²) in [5.41, 5.74) is 3.07. The van der Waals surface area contributed by atoms with Crippen molar-refractivity contribution in [2.75, 3.05) is 0 Å². The molecule has 0 radical (unpaired) electrons. The minimum atomic E-state index is -0.984. The molecule has 0 atom stereocenters. The molecule has 0 bridgehead atoms. The minimum absolute atomic E-state index is 0.171. The molecule has 5 nitrogen and oxygen atoms in total. The van der Waals surface area contributed by atoms with Gasteiger partial charge in [0.2, 0.25) is 0 Å². The van der Waals surface area contributed by atoms with Gasteiger partial charge in [-0.1, -0.05) is 17.7 Å². The van der Waals surface area contributed by atoms with Gasteiger partial charge in [0.15, 0.2) is 0 Å². The summed E-state index contributed by atoms with van der Waals surface area (Å²) >= 11 is 7.55. The lowest BCUT2D eigenvalue weighted by Gasteiger charge is -2.01. The van der Waals surface area contributed by atoms with Gasteiger partial charge >= 0.3 is 5.97 Å². The summed E-state index contributed by atoms with van der Waals surface area (Å²) in [6, 6.07) is 5.79. The lowest BCUT2D eigenvalue weighted by Crippen LogP contribution is -2.00. The SMILES string of the molecule is Cc1cc(-c2csc(Cn3cc(C(=O)O)cn3)n2)ccc1Cl. The highest BCUT2D eigenvalue weighted by Gasteiger charge is 2.09. The van der Waals surface area contributed by atoms with Gasteiger partial charge in [-0.25, -0.2) is 9.78 Å². The van der Waals surface area contributed by atoms with Crippen LogP contribution in [0.25, 0.3) is 11.3 Å². The molecule has 1 aromatic carbocycles. The molecule has 2 heterocycles. The summed E-state index contributed by atoms with van der Waals surface area (Å²) in [4.78, 5) is 15.4. The molecule has 22 heavy (non-hydrogen) atoms. The molecule has 112 valence electrons. The van der Waals surface area contributed by atoms with Gasteiger partial charge in [-0.3, -0.25) is 4.68 Å².